The molecule has 0 saturated carbocycles. The normalized spacial score (nSPS) is 11.3. The number of hydrogen-bond acceptors (Lipinski definition) is 6. The number of carbonyl (C=O) groups excluding carboxylic acids is 1. The van der Waals surface area contributed by atoms with E-state index in [-0.39, 0.29) is 11.1 Å². The zero-order valence-corrected chi connectivity index (χ0v) is 13.3. The quantitative estimate of drug-likeness (QED) is 0.883. The number of carbonyl (C=O) groups is 1. The van der Waals surface area contributed by atoms with Gasteiger partial charge >= 0.3 is 0 Å². The number of nitrogens with zero attached hydrogens (tertiary/aromatic N) is 4. The summed E-state index contributed by atoms with van der Waals surface area (Å²) in [7, 11) is 3.30. The Morgan fingerprint density at radius 3 is 2.64 bits per heavy atom. The van der Waals surface area contributed by atoms with Gasteiger partial charge in [-0.05, 0) is 0 Å². The summed E-state index contributed by atoms with van der Waals surface area (Å²) in [6.45, 7) is 5.88. The average Bonchev–Trinajstić information content (AvgIpc) is 2.77. The molecular weight excluding hydrogens is 284 g/mol. The minimum atomic E-state index is -0.634. The van der Waals surface area contributed by atoms with Gasteiger partial charge in [-0.25, -0.2) is 9.97 Å². The van der Waals surface area contributed by atoms with Gasteiger partial charge in [-0.15, -0.1) is 0 Å². The van der Waals surface area contributed by atoms with Crippen LogP contribution in [0.15, 0.2) is 12.4 Å². The molecular formula is C14H20N6O2. The van der Waals surface area contributed by atoms with Crippen molar-refractivity contribution in [1.29, 1.82) is 0 Å². The Morgan fingerprint density at radius 2 is 2.09 bits per heavy atom. The highest BCUT2D eigenvalue weighted by Crippen LogP contribution is 2.27. The van der Waals surface area contributed by atoms with Crippen molar-refractivity contribution in [3.8, 4) is 5.75 Å². The monoisotopic (exact) mass is 304 g/mol. The van der Waals surface area contributed by atoms with E-state index in [0.29, 0.717) is 23.1 Å². The lowest BCUT2D eigenvalue weighted by molar-refractivity contribution is 0.0996. The van der Waals surface area contributed by atoms with Crippen molar-refractivity contribution in [3.63, 3.8) is 0 Å². The van der Waals surface area contributed by atoms with Gasteiger partial charge in [0.15, 0.2) is 17.3 Å². The minimum Gasteiger partial charge on any atom is -0.491 e. The second-order valence-corrected chi connectivity index (χ2v) is 5.91. The summed E-state index contributed by atoms with van der Waals surface area (Å²) in [6.07, 6.45) is 3.23. The molecule has 0 aliphatic carbocycles. The first kappa shape index (κ1) is 15.7. The number of primary amides is 1. The van der Waals surface area contributed by atoms with Crippen LogP contribution in [-0.4, -0.2) is 32.8 Å². The smallest absolute Gasteiger partial charge is 0.269 e. The summed E-state index contributed by atoms with van der Waals surface area (Å²) in [6, 6.07) is 0. The van der Waals surface area contributed by atoms with Crippen LogP contribution in [0.5, 0.6) is 5.75 Å². The molecule has 0 spiro atoms. The molecule has 2 aromatic rings. The number of rotatable bonds is 4. The van der Waals surface area contributed by atoms with E-state index in [2.05, 4.69) is 20.4 Å². The molecule has 22 heavy (non-hydrogen) atoms. The molecule has 0 radical (unpaired) electrons. The van der Waals surface area contributed by atoms with E-state index in [1.165, 1.54) is 13.3 Å². The van der Waals surface area contributed by atoms with E-state index < -0.39 is 5.91 Å². The number of nitrogens with one attached hydrogen (secondary N) is 1. The third-order valence-electron chi connectivity index (χ3n) is 2.96. The van der Waals surface area contributed by atoms with Crippen LogP contribution < -0.4 is 15.8 Å². The summed E-state index contributed by atoms with van der Waals surface area (Å²) >= 11 is 0. The van der Waals surface area contributed by atoms with Crippen molar-refractivity contribution < 1.29 is 9.53 Å². The van der Waals surface area contributed by atoms with Crippen molar-refractivity contribution in [3.05, 3.63) is 23.9 Å². The molecule has 0 atom stereocenters. The van der Waals surface area contributed by atoms with Gasteiger partial charge in [-0.2, -0.15) is 5.10 Å². The summed E-state index contributed by atoms with van der Waals surface area (Å²) in [5.41, 5.74) is 5.65. The third-order valence-corrected chi connectivity index (χ3v) is 2.96. The van der Waals surface area contributed by atoms with Crippen molar-refractivity contribution >= 4 is 17.4 Å². The lowest BCUT2D eigenvalue weighted by Crippen LogP contribution is -2.22. The Labute approximate surface area is 128 Å². The van der Waals surface area contributed by atoms with Crippen molar-refractivity contribution in [1.82, 2.24) is 19.7 Å². The van der Waals surface area contributed by atoms with E-state index in [4.69, 9.17) is 10.5 Å². The lowest BCUT2D eigenvalue weighted by atomic mass is 9.95. The van der Waals surface area contributed by atoms with Crippen LogP contribution in [0.1, 0.15) is 37.1 Å². The lowest BCUT2D eigenvalue weighted by Gasteiger charge is -2.18. The first-order chi connectivity index (χ1) is 10.2. The molecule has 0 bridgehead atoms. The number of nitrogens with two attached hydrogens (primary N) is 1. The highest BCUT2D eigenvalue weighted by molar-refractivity contribution is 5.97. The van der Waals surface area contributed by atoms with Gasteiger partial charge in [0.05, 0.1) is 25.2 Å². The topological polar surface area (TPSA) is 108 Å². The summed E-state index contributed by atoms with van der Waals surface area (Å²) in [4.78, 5) is 20.3. The zero-order chi connectivity index (χ0) is 16.5. The second kappa shape index (κ2) is 5.63. The molecule has 1 amide bonds. The van der Waals surface area contributed by atoms with Crippen LogP contribution >= 0.6 is 0 Å². The maximum Gasteiger partial charge on any atom is 0.269 e. The molecule has 2 aromatic heterocycles. The van der Waals surface area contributed by atoms with Crippen LogP contribution in [0.2, 0.25) is 0 Å². The van der Waals surface area contributed by atoms with Crippen molar-refractivity contribution in [2.45, 2.75) is 26.2 Å². The molecule has 3 N–H and O–H groups in total. The van der Waals surface area contributed by atoms with Gasteiger partial charge in [0.2, 0.25) is 0 Å². The zero-order valence-electron chi connectivity index (χ0n) is 13.3. The summed E-state index contributed by atoms with van der Waals surface area (Å²) in [5.74, 6) is 0.905. The van der Waals surface area contributed by atoms with Crippen LogP contribution in [0, 0.1) is 0 Å². The Bertz CT molecular complexity index is 702. The molecule has 8 heteroatoms. The van der Waals surface area contributed by atoms with Crippen LogP contribution in [0.25, 0.3) is 0 Å². The third kappa shape index (κ3) is 3.16. The fourth-order valence-electron chi connectivity index (χ4n) is 1.85. The average molecular weight is 304 g/mol. The molecule has 2 rings (SSSR count). The van der Waals surface area contributed by atoms with E-state index in [1.807, 2.05) is 20.8 Å². The Balaban J connectivity index is 2.44. The molecule has 0 unspecified atom stereocenters. The Morgan fingerprint density at radius 1 is 1.41 bits per heavy atom. The maximum atomic E-state index is 11.7. The van der Waals surface area contributed by atoms with Gasteiger partial charge in [0.25, 0.3) is 5.91 Å². The SMILES string of the molecule is COc1cn(C)nc1Nc1cnc(C(C)(C)C)nc1C(N)=O. The minimum absolute atomic E-state index is 0.118. The van der Waals surface area contributed by atoms with Crippen LogP contribution in [-0.2, 0) is 12.5 Å². The summed E-state index contributed by atoms with van der Waals surface area (Å²) in [5, 5.41) is 7.21. The van der Waals surface area contributed by atoms with E-state index in [9.17, 15) is 4.79 Å². The largest absolute Gasteiger partial charge is 0.491 e. The standard InChI is InChI=1S/C14H20N6O2/c1-14(2,3)13-16-6-8(10(18-13)11(15)21)17-12-9(22-5)7-20(4)19-12/h6-7H,1-5H3,(H2,15,21)(H,17,19). The Kier molecular flexibility index (Phi) is 4.03. The Hall–Kier alpha value is -2.64. The highest BCUT2D eigenvalue weighted by atomic mass is 16.5. The van der Waals surface area contributed by atoms with Gasteiger partial charge in [0.1, 0.15) is 5.82 Å². The van der Waals surface area contributed by atoms with Gasteiger partial charge in [-0.1, -0.05) is 20.8 Å². The number of methoxy groups -OCH3 is 1. The van der Waals surface area contributed by atoms with E-state index in [0.717, 1.165) is 0 Å². The highest BCUT2D eigenvalue weighted by Gasteiger charge is 2.22. The molecule has 0 fully saturated rings. The number of amides is 1. The molecule has 2 heterocycles. The van der Waals surface area contributed by atoms with E-state index in [1.54, 1.807) is 17.9 Å². The van der Waals surface area contributed by atoms with Crippen LogP contribution in [0.4, 0.5) is 11.5 Å². The van der Waals surface area contributed by atoms with Crippen LogP contribution in [0.3, 0.4) is 0 Å². The molecule has 0 aliphatic heterocycles. The fraction of sp³-hybridized carbons (Fsp3) is 0.429. The van der Waals surface area contributed by atoms with Crippen molar-refractivity contribution in [2.24, 2.45) is 12.8 Å². The predicted molar refractivity (Wildman–Crippen MR) is 82.3 cm³/mol. The number of ether oxygens (including phenoxy) is 1. The number of aromatic nitrogens is 4. The van der Waals surface area contributed by atoms with E-state index >= 15 is 0 Å². The van der Waals surface area contributed by atoms with Crippen molar-refractivity contribution in [2.75, 3.05) is 12.4 Å². The van der Waals surface area contributed by atoms with Gasteiger partial charge in [-0.3, -0.25) is 9.48 Å². The first-order valence-corrected chi connectivity index (χ1v) is 6.74. The van der Waals surface area contributed by atoms with Gasteiger partial charge in [0, 0.05) is 12.5 Å². The number of anilines is 2. The fourth-order valence-corrected chi connectivity index (χ4v) is 1.85. The predicted octanol–water partition coefficient (Wildman–Crippen LogP) is 1.36. The molecule has 0 aromatic carbocycles. The van der Waals surface area contributed by atoms with Gasteiger partial charge < -0.3 is 15.8 Å². The number of hydrogen-bond donors (Lipinski definition) is 2. The maximum absolute atomic E-state index is 11.7. The molecule has 118 valence electrons. The molecule has 0 saturated heterocycles. The first-order valence-electron chi connectivity index (χ1n) is 6.74. The molecule has 8 nitrogen and oxygen atoms in total. The molecule has 0 aliphatic rings. The summed E-state index contributed by atoms with van der Waals surface area (Å²) < 4.78 is 6.81. The second-order valence-electron chi connectivity index (χ2n) is 5.91. The number of aryl methyl sites for hydroxylation is 1.